The first-order valence-corrected chi connectivity index (χ1v) is 17.4. The molecule has 7 rings (SSSR count). The van der Waals surface area contributed by atoms with Crippen molar-refractivity contribution < 1.29 is 23.8 Å². The summed E-state index contributed by atoms with van der Waals surface area (Å²) in [6.07, 6.45) is 14.3. The van der Waals surface area contributed by atoms with E-state index >= 15 is 0 Å². The molecule has 2 aromatic heterocycles. The number of ether oxygens (including phenoxy) is 3. The molecule has 0 bridgehead atoms. The number of rotatable bonds is 12. The van der Waals surface area contributed by atoms with E-state index in [2.05, 4.69) is 20.5 Å². The number of para-hydroxylation sites is 1. The maximum atomic E-state index is 13.7. The fraction of sp³-hybridized carbons (Fsp3) is 0.333. The van der Waals surface area contributed by atoms with Crippen molar-refractivity contribution in [3.63, 3.8) is 0 Å². The van der Waals surface area contributed by atoms with Crippen LogP contribution in [0.1, 0.15) is 65.4 Å². The van der Waals surface area contributed by atoms with E-state index < -0.39 is 11.5 Å². The number of ketones is 1. The number of aromatic nitrogens is 2. The standard InChI is InChI=1S/C39H41N5O6/c1-2-48-35-23-28-31(24-36(35)49-21-9-20-43-18-6-7-19-43)40-17-16-34(28)50-27-14-15-37(41-25-27)42-38(46)30-22-29-32(12-8-13-33(29)45)44(39(30)47)26-10-4-3-5-11-26/h3-5,10-11,14-17,22-25,31,40H,2,6-9,12-13,18-21H2,1H3,(H,41,42,46). The van der Waals surface area contributed by atoms with Crippen LogP contribution in [-0.2, 0) is 15.9 Å². The summed E-state index contributed by atoms with van der Waals surface area (Å²) < 4.78 is 19.9. The van der Waals surface area contributed by atoms with Crippen molar-refractivity contribution in [3.8, 4) is 11.4 Å². The third-order valence-electron chi connectivity index (χ3n) is 9.24. The Balaban J connectivity index is 1.05. The number of benzene rings is 1. The highest BCUT2D eigenvalue weighted by atomic mass is 16.5. The number of amides is 1. The van der Waals surface area contributed by atoms with Crippen molar-refractivity contribution >= 4 is 17.5 Å². The van der Waals surface area contributed by atoms with Crippen LogP contribution >= 0.6 is 0 Å². The molecule has 2 N–H and O–H groups in total. The Kier molecular flexibility index (Phi) is 9.93. The van der Waals surface area contributed by atoms with Crippen LogP contribution in [0.4, 0.5) is 5.82 Å². The van der Waals surface area contributed by atoms with Crippen LogP contribution in [0.25, 0.3) is 5.69 Å². The summed E-state index contributed by atoms with van der Waals surface area (Å²) in [6, 6.07) is 13.6. The number of anilines is 1. The largest absolute Gasteiger partial charge is 0.490 e. The number of fused-ring (bicyclic) bond motifs is 2. The Hall–Kier alpha value is -5.42. The number of carbonyl (C=O) groups excluding carboxylic acids is 2. The fourth-order valence-electron chi connectivity index (χ4n) is 6.80. The van der Waals surface area contributed by atoms with Gasteiger partial charge in [-0.05, 0) is 101 Å². The molecule has 0 radical (unpaired) electrons. The Labute approximate surface area is 290 Å². The summed E-state index contributed by atoms with van der Waals surface area (Å²) in [7, 11) is 0. The molecule has 11 heteroatoms. The molecule has 2 aliphatic carbocycles. The van der Waals surface area contributed by atoms with Crippen LogP contribution in [0.2, 0.25) is 0 Å². The molecule has 258 valence electrons. The third kappa shape index (κ3) is 7.13. The van der Waals surface area contributed by atoms with Crippen molar-refractivity contribution in [2.45, 2.75) is 51.5 Å². The summed E-state index contributed by atoms with van der Waals surface area (Å²) in [5.74, 6) is 1.96. The number of hydrogen-bond acceptors (Lipinski definition) is 9. The maximum absolute atomic E-state index is 13.7. The number of dihydropyridines is 1. The summed E-state index contributed by atoms with van der Waals surface area (Å²) in [6.45, 7) is 6.43. The highest BCUT2D eigenvalue weighted by molar-refractivity contribution is 6.06. The molecule has 0 spiro atoms. The second kappa shape index (κ2) is 15.0. The van der Waals surface area contributed by atoms with Crippen LogP contribution < -0.4 is 20.9 Å². The zero-order chi connectivity index (χ0) is 34.5. The number of nitrogens with one attached hydrogen (secondary N) is 2. The van der Waals surface area contributed by atoms with Gasteiger partial charge in [-0.2, -0.15) is 0 Å². The highest BCUT2D eigenvalue weighted by Crippen LogP contribution is 2.31. The van der Waals surface area contributed by atoms with Crippen LogP contribution in [0.3, 0.4) is 0 Å². The van der Waals surface area contributed by atoms with Gasteiger partial charge in [-0.3, -0.25) is 19.0 Å². The number of Topliss-reactive ketones (excluding diaryl/α,β-unsaturated/α-hetero) is 1. The van der Waals surface area contributed by atoms with E-state index in [0.29, 0.717) is 72.4 Å². The molecule has 4 heterocycles. The molecule has 4 aliphatic rings. The first-order valence-electron chi connectivity index (χ1n) is 17.4. The number of nitrogens with zero attached hydrogens (tertiary/aromatic N) is 3. The maximum Gasteiger partial charge on any atom is 0.268 e. The van der Waals surface area contributed by atoms with Crippen LogP contribution in [0, 0.1) is 0 Å². The SMILES string of the molecule is CCOC1=CC2=C(Oc3ccc(NC(=O)c4cc5c(n(-c6ccccc6)c4=O)CCCC5=O)nc3)C=CNC2C=C1OCCCN1CCCC1. The Morgan fingerprint density at radius 3 is 2.64 bits per heavy atom. The molecule has 0 saturated carbocycles. The van der Waals surface area contributed by atoms with E-state index in [-0.39, 0.29) is 23.2 Å². The summed E-state index contributed by atoms with van der Waals surface area (Å²) in [5, 5.41) is 6.08. The molecule has 11 nitrogen and oxygen atoms in total. The molecule has 1 unspecified atom stereocenters. The van der Waals surface area contributed by atoms with Crippen molar-refractivity contribution in [2.75, 3.05) is 38.2 Å². The first kappa shape index (κ1) is 33.1. The average Bonchev–Trinajstić information content (AvgIpc) is 3.65. The van der Waals surface area contributed by atoms with E-state index in [1.165, 1.54) is 42.8 Å². The van der Waals surface area contributed by atoms with Crippen molar-refractivity contribution in [3.05, 3.63) is 129 Å². The molecular weight excluding hydrogens is 634 g/mol. The van der Waals surface area contributed by atoms with Gasteiger partial charge < -0.3 is 29.7 Å². The summed E-state index contributed by atoms with van der Waals surface area (Å²) >= 11 is 0. The lowest BCUT2D eigenvalue weighted by Gasteiger charge is -2.28. The predicted octanol–water partition coefficient (Wildman–Crippen LogP) is 5.44. The molecule has 3 aromatic rings. The summed E-state index contributed by atoms with van der Waals surface area (Å²) in [5.41, 5.74) is 1.91. The number of allylic oxidation sites excluding steroid dienone is 1. The quantitative estimate of drug-likeness (QED) is 0.242. The molecular formula is C39H41N5O6. The highest BCUT2D eigenvalue weighted by Gasteiger charge is 2.28. The lowest BCUT2D eigenvalue weighted by Crippen LogP contribution is -2.33. The minimum atomic E-state index is -0.646. The Morgan fingerprint density at radius 1 is 1.02 bits per heavy atom. The fourth-order valence-corrected chi connectivity index (χ4v) is 6.80. The zero-order valence-electron chi connectivity index (χ0n) is 28.2. The van der Waals surface area contributed by atoms with Gasteiger partial charge in [-0.1, -0.05) is 18.2 Å². The van der Waals surface area contributed by atoms with Gasteiger partial charge in [-0.15, -0.1) is 0 Å². The minimum absolute atomic E-state index is 0.0810. The van der Waals surface area contributed by atoms with Gasteiger partial charge in [0, 0.05) is 41.7 Å². The number of likely N-dealkylation sites (tertiary alicyclic amines) is 1. The first-order chi connectivity index (χ1) is 24.5. The third-order valence-corrected chi connectivity index (χ3v) is 9.24. The average molecular weight is 676 g/mol. The topological polar surface area (TPSA) is 124 Å². The van der Waals surface area contributed by atoms with Crippen molar-refractivity contribution in [2.24, 2.45) is 0 Å². The molecule has 1 saturated heterocycles. The lowest BCUT2D eigenvalue weighted by atomic mass is 9.92. The van der Waals surface area contributed by atoms with Gasteiger partial charge >= 0.3 is 0 Å². The molecule has 50 heavy (non-hydrogen) atoms. The molecule has 1 fully saturated rings. The van der Waals surface area contributed by atoms with Crippen LogP contribution in [-0.4, -0.2) is 65.0 Å². The van der Waals surface area contributed by atoms with Crippen LogP contribution in [0.15, 0.2) is 107 Å². The molecule has 1 amide bonds. The Morgan fingerprint density at radius 2 is 1.86 bits per heavy atom. The second-order valence-corrected chi connectivity index (χ2v) is 12.6. The van der Waals surface area contributed by atoms with Gasteiger partial charge in [0.1, 0.15) is 22.9 Å². The van der Waals surface area contributed by atoms with E-state index in [4.69, 9.17) is 14.2 Å². The van der Waals surface area contributed by atoms with Gasteiger partial charge in [0.05, 0.1) is 25.5 Å². The smallest absolute Gasteiger partial charge is 0.268 e. The molecule has 2 aliphatic heterocycles. The summed E-state index contributed by atoms with van der Waals surface area (Å²) in [4.78, 5) is 46.9. The molecule has 1 aromatic carbocycles. The van der Waals surface area contributed by atoms with Crippen molar-refractivity contribution in [1.82, 2.24) is 19.8 Å². The number of pyridine rings is 2. The van der Waals surface area contributed by atoms with Gasteiger partial charge in [0.25, 0.3) is 11.5 Å². The number of carbonyl (C=O) groups is 2. The monoisotopic (exact) mass is 675 g/mol. The van der Waals surface area contributed by atoms with E-state index in [1.54, 1.807) is 24.3 Å². The Bertz CT molecular complexity index is 1940. The number of hydrogen-bond donors (Lipinski definition) is 2. The van der Waals surface area contributed by atoms with Crippen LogP contribution in [0.5, 0.6) is 5.75 Å². The van der Waals surface area contributed by atoms with Gasteiger partial charge in [0.15, 0.2) is 17.3 Å². The van der Waals surface area contributed by atoms with E-state index in [1.807, 2.05) is 49.6 Å². The van der Waals surface area contributed by atoms with Gasteiger partial charge in [0.2, 0.25) is 0 Å². The molecule has 1 atom stereocenters. The predicted molar refractivity (Wildman–Crippen MR) is 189 cm³/mol. The van der Waals surface area contributed by atoms with Crippen molar-refractivity contribution in [1.29, 1.82) is 0 Å². The van der Waals surface area contributed by atoms with Gasteiger partial charge in [-0.25, -0.2) is 4.98 Å². The second-order valence-electron chi connectivity index (χ2n) is 12.6. The normalized spacial score (nSPS) is 18.4. The van der Waals surface area contributed by atoms with E-state index in [9.17, 15) is 14.4 Å². The zero-order valence-corrected chi connectivity index (χ0v) is 28.2. The lowest BCUT2D eigenvalue weighted by molar-refractivity contribution is 0.0971. The minimum Gasteiger partial charge on any atom is -0.490 e. The van der Waals surface area contributed by atoms with E-state index in [0.717, 1.165) is 18.5 Å².